The van der Waals surface area contributed by atoms with E-state index in [4.69, 9.17) is 13.7 Å². The van der Waals surface area contributed by atoms with Gasteiger partial charge in [0.15, 0.2) is 0 Å². The largest absolute Gasteiger partial charge is 0.449 e. The number of alkyl carbamates (subject to hydrolysis) is 2. The molecule has 0 saturated carbocycles. The molecule has 2 N–H and O–H groups in total. The molecule has 0 fully saturated rings. The number of hydrogen-bond donors (Lipinski definition) is 2. The van der Waals surface area contributed by atoms with Gasteiger partial charge in [0.25, 0.3) is 10.1 Å². The van der Waals surface area contributed by atoms with E-state index in [2.05, 4.69) is 34.9 Å². The zero-order valence-electron chi connectivity index (χ0n) is 23.7. The molecule has 41 heavy (non-hydrogen) atoms. The lowest BCUT2D eigenvalue weighted by atomic mass is 9.98. The Morgan fingerprint density at radius 3 is 2.15 bits per heavy atom. The highest BCUT2D eigenvalue weighted by atomic mass is 32.2. The number of hydrogen-bond acceptors (Lipinski definition) is 7. The summed E-state index contributed by atoms with van der Waals surface area (Å²) in [5, 5.41) is 5.63. The van der Waals surface area contributed by atoms with Gasteiger partial charge in [0, 0.05) is 12.5 Å². The number of rotatable bonds is 10. The van der Waals surface area contributed by atoms with Gasteiger partial charge in [-0.05, 0) is 60.6 Å². The normalized spacial score (nSPS) is 13.6. The number of carbonyl (C=O) groups is 2. The van der Waals surface area contributed by atoms with Crippen molar-refractivity contribution in [1.82, 2.24) is 10.6 Å². The minimum absolute atomic E-state index is 0.0494. The molecule has 0 aromatic heterocycles. The molecule has 0 radical (unpaired) electrons. The molecule has 0 bridgehead atoms. The number of carbonyl (C=O) groups excluding carboxylic acids is 2. The zero-order chi connectivity index (χ0) is 29.6. The van der Waals surface area contributed by atoms with Crippen LogP contribution < -0.4 is 10.6 Å². The summed E-state index contributed by atoms with van der Waals surface area (Å²) in [5.74, 6) is -0.0494. The van der Waals surface area contributed by atoms with Crippen LogP contribution in [0.15, 0.2) is 72.8 Å². The van der Waals surface area contributed by atoms with E-state index in [1.807, 2.05) is 24.3 Å². The van der Waals surface area contributed by atoms with E-state index in [0.29, 0.717) is 17.5 Å². The average molecular weight is 581 g/mol. The molecule has 4 rings (SSSR count). The molecule has 1 aliphatic carbocycles. The highest BCUT2D eigenvalue weighted by Crippen LogP contribution is 2.44. The molecule has 218 valence electrons. The van der Waals surface area contributed by atoms with E-state index in [1.165, 1.54) is 0 Å². The number of benzene rings is 3. The summed E-state index contributed by atoms with van der Waals surface area (Å²) in [6.07, 6.45) is 0.151. The van der Waals surface area contributed by atoms with Gasteiger partial charge in [-0.1, -0.05) is 72.8 Å². The Kier molecular flexibility index (Phi) is 9.35. The van der Waals surface area contributed by atoms with Crippen LogP contribution in [0, 0.1) is 0 Å². The SMILES string of the molecule is CC(C)(C)OC(=O)NC(CCNC(=O)OCC1c2ccccc2-c2ccccc21)c1cccc(COS(C)(=O)=O)c1. The van der Waals surface area contributed by atoms with Crippen LogP contribution in [0.5, 0.6) is 0 Å². The summed E-state index contributed by atoms with van der Waals surface area (Å²) in [5.41, 5.74) is 5.19. The van der Waals surface area contributed by atoms with E-state index < -0.39 is 33.9 Å². The summed E-state index contributed by atoms with van der Waals surface area (Å²) >= 11 is 0. The molecular weight excluding hydrogens is 544 g/mol. The molecule has 0 aliphatic heterocycles. The first-order valence-corrected chi connectivity index (χ1v) is 15.2. The van der Waals surface area contributed by atoms with Crippen molar-refractivity contribution in [3.63, 3.8) is 0 Å². The topological polar surface area (TPSA) is 120 Å². The fourth-order valence-corrected chi connectivity index (χ4v) is 5.16. The van der Waals surface area contributed by atoms with Crippen molar-refractivity contribution in [3.8, 4) is 11.1 Å². The average Bonchev–Trinajstić information content (AvgIpc) is 3.22. The molecule has 2 amide bonds. The fourth-order valence-electron chi connectivity index (χ4n) is 4.81. The van der Waals surface area contributed by atoms with E-state index >= 15 is 0 Å². The van der Waals surface area contributed by atoms with Crippen LogP contribution in [-0.2, 0) is 30.4 Å². The summed E-state index contributed by atoms with van der Waals surface area (Å²) in [6, 6.07) is 22.7. The lowest BCUT2D eigenvalue weighted by molar-refractivity contribution is 0.0501. The number of ether oxygens (including phenoxy) is 2. The quantitative estimate of drug-likeness (QED) is 0.297. The first-order valence-electron chi connectivity index (χ1n) is 13.4. The van der Waals surface area contributed by atoms with Crippen LogP contribution in [0.3, 0.4) is 0 Å². The fraction of sp³-hybridized carbons (Fsp3) is 0.355. The molecule has 0 spiro atoms. The summed E-state index contributed by atoms with van der Waals surface area (Å²) in [6.45, 7) is 5.57. The maximum Gasteiger partial charge on any atom is 0.408 e. The monoisotopic (exact) mass is 580 g/mol. The van der Waals surface area contributed by atoms with Gasteiger partial charge in [0.1, 0.15) is 12.2 Å². The number of nitrogens with one attached hydrogen (secondary N) is 2. The van der Waals surface area contributed by atoms with Gasteiger partial charge in [-0.2, -0.15) is 8.42 Å². The van der Waals surface area contributed by atoms with Crippen molar-refractivity contribution in [1.29, 1.82) is 0 Å². The maximum absolute atomic E-state index is 12.7. The van der Waals surface area contributed by atoms with Gasteiger partial charge in [-0.25, -0.2) is 9.59 Å². The Hall–Kier alpha value is -3.89. The van der Waals surface area contributed by atoms with Crippen LogP contribution in [0.4, 0.5) is 9.59 Å². The van der Waals surface area contributed by atoms with Crippen molar-refractivity contribution in [2.45, 2.75) is 51.4 Å². The second-order valence-corrected chi connectivity index (χ2v) is 12.6. The molecular formula is C31H36N2O7S. The molecule has 10 heteroatoms. The van der Waals surface area contributed by atoms with Crippen LogP contribution >= 0.6 is 0 Å². The van der Waals surface area contributed by atoms with Crippen molar-refractivity contribution in [3.05, 3.63) is 95.1 Å². The predicted molar refractivity (Wildman–Crippen MR) is 156 cm³/mol. The summed E-state index contributed by atoms with van der Waals surface area (Å²) in [4.78, 5) is 25.2. The molecule has 1 atom stereocenters. The van der Waals surface area contributed by atoms with Crippen molar-refractivity contribution in [2.75, 3.05) is 19.4 Å². The van der Waals surface area contributed by atoms with Crippen LogP contribution in [0.1, 0.15) is 61.4 Å². The van der Waals surface area contributed by atoms with E-state index in [9.17, 15) is 18.0 Å². The van der Waals surface area contributed by atoms with Crippen molar-refractivity contribution >= 4 is 22.3 Å². The third-order valence-corrected chi connectivity index (χ3v) is 7.08. The Morgan fingerprint density at radius 2 is 1.54 bits per heavy atom. The lowest BCUT2D eigenvalue weighted by Gasteiger charge is -2.24. The zero-order valence-corrected chi connectivity index (χ0v) is 24.5. The van der Waals surface area contributed by atoms with E-state index in [0.717, 1.165) is 28.5 Å². The molecule has 0 saturated heterocycles. The Morgan fingerprint density at radius 1 is 0.902 bits per heavy atom. The first-order chi connectivity index (χ1) is 19.4. The summed E-state index contributed by atoms with van der Waals surface area (Å²) < 4.78 is 38.8. The van der Waals surface area contributed by atoms with Gasteiger partial charge in [-0.3, -0.25) is 4.18 Å². The molecule has 3 aromatic carbocycles. The van der Waals surface area contributed by atoms with Gasteiger partial charge in [0.05, 0.1) is 18.9 Å². The molecule has 3 aromatic rings. The van der Waals surface area contributed by atoms with Crippen molar-refractivity contribution < 1.29 is 31.7 Å². The van der Waals surface area contributed by atoms with Crippen LogP contribution in [0.25, 0.3) is 11.1 Å². The smallest absolute Gasteiger partial charge is 0.408 e. The van der Waals surface area contributed by atoms with Gasteiger partial charge in [0.2, 0.25) is 0 Å². The third-order valence-electron chi connectivity index (χ3n) is 6.53. The molecule has 0 heterocycles. The Balaban J connectivity index is 1.38. The predicted octanol–water partition coefficient (Wildman–Crippen LogP) is 5.66. The second kappa shape index (κ2) is 12.7. The minimum Gasteiger partial charge on any atom is -0.449 e. The Labute approximate surface area is 241 Å². The van der Waals surface area contributed by atoms with Crippen molar-refractivity contribution in [2.24, 2.45) is 0 Å². The minimum atomic E-state index is -3.61. The van der Waals surface area contributed by atoms with Gasteiger partial charge >= 0.3 is 12.2 Å². The van der Waals surface area contributed by atoms with Gasteiger partial charge in [-0.15, -0.1) is 0 Å². The second-order valence-electron chi connectivity index (χ2n) is 11.0. The van der Waals surface area contributed by atoms with E-state index in [1.54, 1.807) is 45.0 Å². The maximum atomic E-state index is 12.7. The highest BCUT2D eigenvalue weighted by molar-refractivity contribution is 7.85. The molecule has 1 unspecified atom stereocenters. The molecule has 1 aliphatic rings. The molecule has 9 nitrogen and oxygen atoms in total. The first kappa shape index (κ1) is 30.1. The standard InChI is InChI=1S/C31H36N2O7S/c1-31(2,3)40-30(35)33-28(22-11-9-10-21(18-22)19-39-41(4,36)37)16-17-32-29(34)38-20-27-25-14-7-5-12-23(25)24-13-6-8-15-26(24)27/h5-15,18,27-28H,16-17,19-20H2,1-4H3,(H,32,34)(H,33,35). The highest BCUT2D eigenvalue weighted by Gasteiger charge is 2.29. The number of amides is 2. The summed E-state index contributed by atoms with van der Waals surface area (Å²) in [7, 11) is -3.61. The van der Waals surface area contributed by atoms with Crippen LogP contribution in [-0.4, -0.2) is 45.6 Å². The third kappa shape index (κ3) is 8.55. The lowest BCUT2D eigenvalue weighted by Crippen LogP contribution is -2.37. The van der Waals surface area contributed by atoms with E-state index in [-0.39, 0.29) is 25.7 Å². The van der Waals surface area contributed by atoms with Crippen LogP contribution in [0.2, 0.25) is 0 Å². The Bertz CT molecular complexity index is 1450. The van der Waals surface area contributed by atoms with Gasteiger partial charge < -0.3 is 20.1 Å². The number of fused-ring (bicyclic) bond motifs is 3.